The third kappa shape index (κ3) is 3.19. The topological polar surface area (TPSA) is 124 Å². The first kappa shape index (κ1) is 16.9. The number of carbonyl (C=O) groups is 2. The summed E-state index contributed by atoms with van der Waals surface area (Å²) in [6.07, 6.45) is 0. The molecular weight excluding hydrogens is 318 g/mol. The Balaban J connectivity index is 2.21. The Hall–Kier alpha value is -2.42. The second-order valence-corrected chi connectivity index (χ2v) is 6.08. The highest BCUT2D eigenvalue weighted by atomic mass is 32.2. The van der Waals surface area contributed by atoms with Crippen LogP contribution in [0.5, 0.6) is 0 Å². The van der Waals surface area contributed by atoms with Crippen molar-refractivity contribution < 1.29 is 9.59 Å². The fourth-order valence-electron chi connectivity index (χ4n) is 2.33. The fraction of sp³-hybridized carbons (Fsp3) is 0.357. The zero-order valence-corrected chi connectivity index (χ0v) is 14.1. The molecule has 9 heteroatoms. The van der Waals surface area contributed by atoms with Gasteiger partial charge < -0.3 is 10.8 Å². The van der Waals surface area contributed by atoms with Gasteiger partial charge in [0.25, 0.3) is 5.56 Å². The van der Waals surface area contributed by atoms with Gasteiger partial charge in [0.05, 0.1) is 11.4 Å². The van der Waals surface area contributed by atoms with Crippen LogP contribution >= 0.6 is 11.8 Å². The summed E-state index contributed by atoms with van der Waals surface area (Å²) in [5.41, 5.74) is 1.93. The number of nitrogens with one attached hydrogen (secondary N) is 1. The number of nitrogens with two attached hydrogens (primary N) is 1. The van der Waals surface area contributed by atoms with E-state index >= 15 is 0 Å². The van der Waals surface area contributed by atoms with Crippen LogP contribution in [0, 0.1) is 20.8 Å². The Morgan fingerprint density at radius 2 is 1.91 bits per heavy atom. The van der Waals surface area contributed by atoms with Gasteiger partial charge in [-0.1, -0.05) is 11.8 Å². The first-order chi connectivity index (χ1) is 10.7. The van der Waals surface area contributed by atoms with E-state index in [2.05, 4.69) is 15.2 Å². The lowest BCUT2D eigenvalue weighted by Crippen LogP contribution is -2.32. The number of H-pyrrole nitrogens is 1. The summed E-state index contributed by atoms with van der Waals surface area (Å²) in [5.74, 6) is 5.34. The van der Waals surface area contributed by atoms with Crippen LogP contribution in [0.25, 0.3) is 0 Å². The lowest BCUT2D eigenvalue weighted by Gasteiger charge is -2.05. The first-order valence-electron chi connectivity index (χ1n) is 6.81. The van der Waals surface area contributed by atoms with Crippen molar-refractivity contribution in [3.05, 3.63) is 38.6 Å². The lowest BCUT2D eigenvalue weighted by molar-refractivity contribution is 0.101. The minimum Gasteiger partial charge on any atom is -0.355 e. The van der Waals surface area contributed by atoms with Crippen molar-refractivity contribution in [3.8, 4) is 0 Å². The zero-order valence-electron chi connectivity index (χ0n) is 13.3. The van der Waals surface area contributed by atoms with Gasteiger partial charge in [0, 0.05) is 11.3 Å². The number of ketones is 2. The molecule has 0 spiro atoms. The Bertz CT molecular complexity index is 853. The Morgan fingerprint density at radius 3 is 2.48 bits per heavy atom. The monoisotopic (exact) mass is 335 g/mol. The molecule has 0 amide bonds. The molecule has 0 atom stereocenters. The van der Waals surface area contributed by atoms with E-state index in [-0.39, 0.29) is 28.2 Å². The average Bonchev–Trinajstić information content (AvgIpc) is 2.78. The molecule has 0 aliphatic heterocycles. The van der Waals surface area contributed by atoms with Gasteiger partial charge in [0.15, 0.2) is 11.6 Å². The summed E-state index contributed by atoms with van der Waals surface area (Å²) in [4.78, 5) is 38.6. The van der Waals surface area contributed by atoms with Crippen LogP contribution in [0.4, 0.5) is 0 Å². The SMILES string of the molecule is CC(=O)c1c(C)[nH]c(C(=O)CSc2nnc(C)c(=O)n2N)c1C. The summed E-state index contributed by atoms with van der Waals surface area (Å²) in [5, 5.41) is 7.67. The molecule has 0 saturated carbocycles. The number of Topliss-reactive ketones (excluding diaryl/α,β-unsaturated/α-hetero) is 2. The molecule has 122 valence electrons. The maximum Gasteiger partial charge on any atom is 0.294 e. The molecule has 2 aromatic heterocycles. The standard InChI is InChI=1S/C14H17N5O3S/c1-6-11(9(4)20)7(2)16-12(6)10(21)5-23-14-18-17-8(3)13(22)19(14)15/h16H,5,15H2,1-4H3. The van der Waals surface area contributed by atoms with Crippen LogP contribution in [0.2, 0.25) is 0 Å². The Morgan fingerprint density at radius 1 is 1.26 bits per heavy atom. The van der Waals surface area contributed by atoms with Crippen molar-refractivity contribution >= 4 is 23.3 Å². The van der Waals surface area contributed by atoms with E-state index < -0.39 is 5.56 Å². The zero-order chi connectivity index (χ0) is 17.3. The van der Waals surface area contributed by atoms with Gasteiger partial charge in [-0.05, 0) is 33.3 Å². The molecule has 0 saturated heterocycles. The van der Waals surface area contributed by atoms with E-state index in [1.165, 1.54) is 13.8 Å². The largest absolute Gasteiger partial charge is 0.355 e. The maximum absolute atomic E-state index is 12.4. The first-order valence-corrected chi connectivity index (χ1v) is 7.80. The normalized spacial score (nSPS) is 10.8. The summed E-state index contributed by atoms with van der Waals surface area (Å²) in [6.45, 7) is 6.44. The van der Waals surface area contributed by atoms with Crippen LogP contribution in [-0.2, 0) is 0 Å². The fourth-order valence-corrected chi connectivity index (χ4v) is 3.05. The molecule has 23 heavy (non-hydrogen) atoms. The Labute approximate surface area is 136 Å². The number of thioether (sulfide) groups is 1. The van der Waals surface area contributed by atoms with Crippen LogP contribution in [0.1, 0.15) is 44.7 Å². The summed E-state index contributed by atoms with van der Waals surface area (Å²) < 4.78 is 0.869. The van der Waals surface area contributed by atoms with Crippen molar-refractivity contribution in [1.82, 2.24) is 19.9 Å². The van der Waals surface area contributed by atoms with Crippen LogP contribution in [0.15, 0.2) is 9.95 Å². The molecular formula is C14H17N5O3S. The third-order valence-electron chi connectivity index (χ3n) is 3.42. The summed E-state index contributed by atoms with van der Waals surface area (Å²) in [6, 6.07) is 0. The predicted molar refractivity (Wildman–Crippen MR) is 86.5 cm³/mol. The average molecular weight is 335 g/mol. The highest BCUT2D eigenvalue weighted by Gasteiger charge is 2.20. The number of aromatic nitrogens is 4. The molecule has 0 unspecified atom stereocenters. The highest BCUT2D eigenvalue weighted by Crippen LogP contribution is 2.21. The third-order valence-corrected chi connectivity index (χ3v) is 4.36. The van der Waals surface area contributed by atoms with E-state index in [0.29, 0.717) is 22.5 Å². The maximum atomic E-state index is 12.4. The molecule has 0 bridgehead atoms. The van der Waals surface area contributed by atoms with Gasteiger partial charge in [-0.15, -0.1) is 10.2 Å². The van der Waals surface area contributed by atoms with E-state index in [9.17, 15) is 14.4 Å². The van der Waals surface area contributed by atoms with Gasteiger partial charge >= 0.3 is 0 Å². The molecule has 0 fully saturated rings. The molecule has 0 aromatic carbocycles. The molecule has 2 heterocycles. The number of hydrogen-bond donors (Lipinski definition) is 2. The van der Waals surface area contributed by atoms with Crippen LogP contribution in [-0.4, -0.2) is 37.2 Å². The van der Waals surface area contributed by atoms with E-state index in [1.807, 2.05) is 0 Å². The number of carbonyl (C=O) groups excluding carboxylic acids is 2. The molecule has 3 N–H and O–H groups in total. The molecule has 0 aliphatic carbocycles. The van der Waals surface area contributed by atoms with Crippen molar-refractivity contribution in [2.75, 3.05) is 11.6 Å². The van der Waals surface area contributed by atoms with E-state index in [4.69, 9.17) is 5.84 Å². The summed E-state index contributed by atoms with van der Waals surface area (Å²) in [7, 11) is 0. The number of aromatic amines is 1. The predicted octanol–water partition coefficient (Wildman–Crippen LogP) is 0.783. The Kier molecular flexibility index (Phi) is 4.69. The van der Waals surface area contributed by atoms with Gasteiger partial charge in [0.2, 0.25) is 5.16 Å². The minimum atomic E-state index is -0.458. The second-order valence-electron chi connectivity index (χ2n) is 5.14. The van der Waals surface area contributed by atoms with Crippen molar-refractivity contribution in [2.24, 2.45) is 0 Å². The van der Waals surface area contributed by atoms with Gasteiger partial charge in [-0.3, -0.25) is 14.4 Å². The number of rotatable bonds is 5. The van der Waals surface area contributed by atoms with Crippen LogP contribution in [0.3, 0.4) is 0 Å². The van der Waals surface area contributed by atoms with E-state index in [0.717, 1.165) is 16.4 Å². The van der Waals surface area contributed by atoms with Gasteiger partial charge in [-0.25, -0.2) is 0 Å². The van der Waals surface area contributed by atoms with E-state index in [1.54, 1.807) is 13.8 Å². The molecule has 8 nitrogen and oxygen atoms in total. The van der Waals surface area contributed by atoms with Gasteiger partial charge in [0.1, 0.15) is 5.69 Å². The number of nitrogens with zero attached hydrogens (tertiary/aromatic N) is 3. The molecule has 0 radical (unpaired) electrons. The molecule has 2 rings (SSSR count). The van der Waals surface area contributed by atoms with Crippen molar-refractivity contribution in [2.45, 2.75) is 32.9 Å². The van der Waals surface area contributed by atoms with Crippen molar-refractivity contribution in [3.63, 3.8) is 0 Å². The molecule has 0 aliphatic rings. The quantitative estimate of drug-likeness (QED) is 0.470. The van der Waals surface area contributed by atoms with Crippen LogP contribution < -0.4 is 11.4 Å². The second kappa shape index (κ2) is 6.37. The van der Waals surface area contributed by atoms with Crippen molar-refractivity contribution in [1.29, 1.82) is 0 Å². The number of hydrogen-bond acceptors (Lipinski definition) is 7. The highest BCUT2D eigenvalue weighted by molar-refractivity contribution is 7.99. The number of nitrogen functional groups attached to an aromatic ring is 1. The summed E-state index contributed by atoms with van der Waals surface area (Å²) >= 11 is 1.01. The number of aryl methyl sites for hydroxylation is 2. The van der Waals surface area contributed by atoms with Gasteiger partial charge in [-0.2, -0.15) is 4.68 Å². The molecule has 2 aromatic rings. The smallest absolute Gasteiger partial charge is 0.294 e. The lowest BCUT2D eigenvalue weighted by atomic mass is 10.1. The minimum absolute atomic E-state index is 0.0204.